The lowest BCUT2D eigenvalue weighted by atomic mass is 9.98. The number of anilines is 1. The van der Waals surface area contributed by atoms with Crippen LogP contribution < -0.4 is 5.32 Å². The normalized spacial score (nSPS) is 17.1. The van der Waals surface area contributed by atoms with Crippen molar-refractivity contribution in [3.8, 4) is 0 Å². The van der Waals surface area contributed by atoms with Gasteiger partial charge in [-0.1, -0.05) is 52.7 Å². The summed E-state index contributed by atoms with van der Waals surface area (Å²) < 4.78 is 47.8. The number of nitrogens with one attached hydrogen (secondary N) is 1. The minimum Gasteiger partial charge on any atom is -0.355 e. The van der Waals surface area contributed by atoms with Gasteiger partial charge in [-0.2, -0.15) is 4.31 Å². The molecule has 2 aromatic carbocycles. The lowest BCUT2D eigenvalue weighted by Crippen LogP contribution is -2.44. The molecule has 4 rings (SSSR count). The third kappa shape index (κ3) is 5.63. The molecular weight excluding hydrogens is 493 g/mol. The second kappa shape index (κ2) is 10.3. The van der Waals surface area contributed by atoms with E-state index in [4.69, 9.17) is 16.1 Å². The van der Waals surface area contributed by atoms with Crippen LogP contribution in [0.4, 0.5) is 10.1 Å². The van der Waals surface area contributed by atoms with Crippen LogP contribution in [0, 0.1) is 25.6 Å². The van der Waals surface area contributed by atoms with E-state index in [0.29, 0.717) is 12.8 Å². The van der Waals surface area contributed by atoms with Crippen LogP contribution in [0.5, 0.6) is 0 Å². The quantitative estimate of drug-likeness (QED) is 0.479. The zero-order valence-electron chi connectivity index (χ0n) is 19.3. The van der Waals surface area contributed by atoms with E-state index < -0.39 is 27.7 Å². The largest absolute Gasteiger partial charge is 0.355 e. The number of aromatic nitrogens is 1. The number of carbonyl (C=O) groups excluding carboxylic acids is 1. The van der Waals surface area contributed by atoms with E-state index in [9.17, 15) is 17.6 Å². The number of hydrogen-bond donors (Lipinski definition) is 1. The smallest absolute Gasteiger partial charge is 0.248 e. The molecule has 1 saturated heterocycles. The van der Waals surface area contributed by atoms with E-state index in [1.807, 2.05) is 31.2 Å². The summed E-state index contributed by atoms with van der Waals surface area (Å²) in [5.41, 5.74) is 2.24. The number of rotatable bonds is 6. The van der Waals surface area contributed by atoms with Crippen LogP contribution >= 0.6 is 11.6 Å². The highest BCUT2D eigenvalue weighted by atomic mass is 35.5. The summed E-state index contributed by atoms with van der Waals surface area (Å²) in [4.78, 5) is 12.8. The maximum atomic E-state index is 14.1. The van der Waals surface area contributed by atoms with Gasteiger partial charge in [0.05, 0.1) is 11.6 Å². The molecule has 1 unspecified atom stereocenters. The molecule has 2 heterocycles. The number of halogens is 2. The van der Waals surface area contributed by atoms with E-state index in [1.165, 1.54) is 16.4 Å². The van der Waals surface area contributed by atoms with Crippen molar-refractivity contribution in [1.29, 1.82) is 0 Å². The van der Waals surface area contributed by atoms with Crippen molar-refractivity contribution >= 4 is 45.4 Å². The lowest BCUT2D eigenvalue weighted by molar-refractivity contribution is -0.120. The zero-order chi connectivity index (χ0) is 25.2. The summed E-state index contributed by atoms with van der Waals surface area (Å²) in [6, 6.07) is 11.7. The molecule has 0 radical (unpaired) electrons. The zero-order valence-corrected chi connectivity index (χ0v) is 20.9. The topological polar surface area (TPSA) is 92.5 Å². The fraction of sp³-hybridized carbons (Fsp3) is 0.280. The second-order valence-electron chi connectivity index (χ2n) is 8.52. The predicted molar refractivity (Wildman–Crippen MR) is 133 cm³/mol. The first-order chi connectivity index (χ1) is 16.6. The molecule has 3 aromatic rings. The predicted octanol–water partition coefficient (Wildman–Crippen LogP) is 5.29. The Hall–Kier alpha value is -3.01. The SMILES string of the molecule is Cc1ccc(/C=C/c2onc(C)c2S(=O)(=O)N2CCCC(C(=O)Nc3ccc(Cl)cc3F)C2)cc1. The molecule has 1 N–H and O–H groups in total. The molecule has 0 saturated carbocycles. The highest BCUT2D eigenvalue weighted by molar-refractivity contribution is 7.89. The first-order valence-electron chi connectivity index (χ1n) is 11.1. The Kier molecular flexibility index (Phi) is 7.39. The van der Waals surface area contributed by atoms with E-state index >= 15 is 0 Å². The Morgan fingerprint density at radius 1 is 1.20 bits per heavy atom. The number of amides is 1. The maximum absolute atomic E-state index is 14.1. The molecule has 1 aliphatic rings. The van der Waals surface area contributed by atoms with Crippen LogP contribution in [0.25, 0.3) is 12.2 Å². The van der Waals surface area contributed by atoms with Crippen molar-refractivity contribution in [2.24, 2.45) is 5.92 Å². The van der Waals surface area contributed by atoms with Crippen molar-refractivity contribution in [3.05, 3.63) is 75.9 Å². The summed E-state index contributed by atoms with van der Waals surface area (Å²) in [5, 5.41) is 6.62. The van der Waals surface area contributed by atoms with Crippen molar-refractivity contribution < 1.29 is 22.1 Å². The number of aryl methyl sites for hydroxylation is 2. The van der Waals surface area contributed by atoms with Gasteiger partial charge in [-0.15, -0.1) is 0 Å². The maximum Gasteiger partial charge on any atom is 0.248 e. The Labute approximate surface area is 208 Å². The molecule has 0 spiro atoms. The molecule has 184 valence electrons. The van der Waals surface area contributed by atoms with Crippen LogP contribution in [-0.4, -0.2) is 36.9 Å². The summed E-state index contributed by atoms with van der Waals surface area (Å²) in [6.45, 7) is 3.77. The molecule has 1 aliphatic heterocycles. The van der Waals surface area contributed by atoms with Gasteiger partial charge in [0.15, 0.2) is 10.7 Å². The van der Waals surface area contributed by atoms with E-state index in [2.05, 4.69) is 10.5 Å². The standard InChI is InChI=1S/C25H25ClFN3O4S/c1-16-5-7-18(8-6-16)9-12-23-24(17(2)29-34-23)35(32,33)30-13-3-4-19(15-30)25(31)28-22-11-10-20(26)14-21(22)27/h5-12,14,19H,3-4,13,15H2,1-2H3,(H,28,31)/b12-9+. The number of carbonyl (C=O) groups is 1. The average molecular weight is 518 g/mol. The van der Waals surface area contributed by atoms with Crippen LogP contribution in [0.2, 0.25) is 5.02 Å². The third-order valence-corrected chi connectivity index (χ3v) is 8.14. The van der Waals surface area contributed by atoms with Gasteiger partial charge >= 0.3 is 0 Å². The van der Waals surface area contributed by atoms with Crippen molar-refractivity contribution in [2.45, 2.75) is 31.6 Å². The number of sulfonamides is 1. The van der Waals surface area contributed by atoms with E-state index in [0.717, 1.165) is 17.2 Å². The number of hydrogen-bond acceptors (Lipinski definition) is 5. The number of piperidine rings is 1. The van der Waals surface area contributed by atoms with Gasteiger partial charge in [0.2, 0.25) is 15.9 Å². The van der Waals surface area contributed by atoms with Gasteiger partial charge in [0.1, 0.15) is 11.5 Å². The van der Waals surface area contributed by atoms with Gasteiger partial charge < -0.3 is 9.84 Å². The van der Waals surface area contributed by atoms with Crippen molar-refractivity contribution in [2.75, 3.05) is 18.4 Å². The van der Waals surface area contributed by atoms with Gasteiger partial charge in [0, 0.05) is 18.1 Å². The second-order valence-corrected chi connectivity index (χ2v) is 10.8. The van der Waals surface area contributed by atoms with Crippen molar-refractivity contribution in [3.63, 3.8) is 0 Å². The lowest BCUT2D eigenvalue weighted by Gasteiger charge is -2.31. The molecular formula is C25H25ClFN3O4S. The monoisotopic (exact) mass is 517 g/mol. The summed E-state index contributed by atoms with van der Waals surface area (Å²) in [6.07, 6.45) is 4.30. The number of nitrogens with zero attached hydrogens (tertiary/aromatic N) is 2. The Balaban J connectivity index is 1.53. The van der Waals surface area contributed by atoms with E-state index in [-0.39, 0.29) is 40.1 Å². The summed E-state index contributed by atoms with van der Waals surface area (Å²) in [7, 11) is -3.99. The molecule has 0 aliphatic carbocycles. The minimum absolute atomic E-state index is 0.00205. The molecule has 10 heteroatoms. The van der Waals surface area contributed by atoms with Crippen LogP contribution in [0.3, 0.4) is 0 Å². The molecule has 1 fully saturated rings. The summed E-state index contributed by atoms with van der Waals surface area (Å²) in [5.74, 6) is -1.62. The molecule has 0 bridgehead atoms. The summed E-state index contributed by atoms with van der Waals surface area (Å²) >= 11 is 5.77. The van der Waals surface area contributed by atoms with Gasteiger partial charge in [0.25, 0.3) is 0 Å². The number of benzene rings is 2. The van der Waals surface area contributed by atoms with Gasteiger partial charge in [-0.3, -0.25) is 4.79 Å². The van der Waals surface area contributed by atoms with E-state index in [1.54, 1.807) is 19.1 Å². The van der Waals surface area contributed by atoms with Crippen LogP contribution in [0.15, 0.2) is 51.9 Å². The van der Waals surface area contributed by atoms with Gasteiger partial charge in [-0.05, 0) is 56.5 Å². The highest BCUT2D eigenvalue weighted by Gasteiger charge is 2.37. The molecule has 1 amide bonds. The van der Waals surface area contributed by atoms with Crippen LogP contribution in [-0.2, 0) is 14.8 Å². The molecule has 1 atom stereocenters. The minimum atomic E-state index is -3.99. The fourth-order valence-corrected chi connectivity index (χ4v) is 5.91. The first-order valence-corrected chi connectivity index (χ1v) is 12.9. The third-order valence-electron chi connectivity index (χ3n) is 5.88. The Morgan fingerprint density at radius 3 is 2.66 bits per heavy atom. The molecule has 35 heavy (non-hydrogen) atoms. The Bertz CT molecular complexity index is 1370. The molecule has 7 nitrogen and oxygen atoms in total. The fourth-order valence-electron chi connectivity index (χ4n) is 3.98. The van der Waals surface area contributed by atoms with Crippen LogP contribution in [0.1, 0.15) is 35.4 Å². The van der Waals surface area contributed by atoms with Gasteiger partial charge in [-0.25, -0.2) is 12.8 Å². The highest BCUT2D eigenvalue weighted by Crippen LogP contribution is 2.30. The van der Waals surface area contributed by atoms with Crippen molar-refractivity contribution in [1.82, 2.24) is 9.46 Å². The Morgan fingerprint density at radius 2 is 1.94 bits per heavy atom. The first kappa shape index (κ1) is 25.1. The average Bonchev–Trinajstić information content (AvgIpc) is 3.21. The molecule has 1 aromatic heterocycles.